The van der Waals surface area contributed by atoms with Gasteiger partial charge in [-0.25, -0.2) is 12.8 Å². The number of hydrogen-bond acceptors (Lipinski definition) is 4. The Morgan fingerprint density at radius 1 is 1.00 bits per heavy atom. The number of anilines is 1. The number of piperazine rings is 1. The van der Waals surface area contributed by atoms with Gasteiger partial charge < -0.3 is 10.2 Å². The molecule has 2 aromatic carbocycles. The predicted octanol–water partition coefficient (Wildman–Crippen LogP) is 3.21. The van der Waals surface area contributed by atoms with Crippen LogP contribution in [0.2, 0.25) is 0 Å². The standard InChI is InChI=1S/C23H28FN3O3S/c1-2-26-14-16-27(17-15-26)31(29,30)21-10-8-20(9-11-21)25-22(28)23(12-3-13-23)18-4-6-19(24)7-5-18/h4-11H,2-3,12-17H2,1H3,(H,25,28). The highest BCUT2D eigenvalue weighted by Gasteiger charge is 2.45. The van der Waals surface area contributed by atoms with Crippen molar-refractivity contribution in [2.75, 3.05) is 38.0 Å². The summed E-state index contributed by atoms with van der Waals surface area (Å²) in [5.41, 5.74) is 0.702. The molecule has 0 radical (unpaired) electrons. The molecule has 1 aliphatic heterocycles. The second kappa shape index (κ2) is 8.68. The number of amides is 1. The van der Waals surface area contributed by atoms with Gasteiger partial charge in [-0.1, -0.05) is 25.5 Å². The molecular weight excluding hydrogens is 417 g/mol. The minimum absolute atomic E-state index is 0.142. The maximum atomic E-state index is 13.3. The number of benzene rings is 2. The van der Waals surface area contributed by atoms with E-state index < -0.39 is 15.4 Å². The van der Waals surface area contributed by atoms with E-state index in [9.17, 15) is 17.6 Å². The second-order valence-electron chi connectivity index (χ2n) is 8.26. The third-order valence-electron chi connectivity index (χ3n) is 6.57. The van der Waals surface area contributed by atoms with Gasteiger partial charge in [0.2, 0.25) is 15.9 Å². The van der Waals surface area contributed by atoms with Gasteiger partial charge in [0.15, 0.2) is 0 Å². The molecule has 4 rings (SSSR count). The summed E-state index contributed by atoms with van der Waals surface area (Å²) in [6.45, 7) is 5.41. The number of nitrogens with zero attached hydrogens (tertiary/aromatic N) is 2. The fraction of sp³-hybridized carbons (Fsp3) is 0.435. The monoisotopic (exact) mass is 445 g/mol. The largest absolute Gasteiger partial charge is 0.325 e. The summed E-state index contributed by atoms with van der Waals surface area (Å²) >= 11 is 0. The molecule has 1 N–H and O–H groups in total. The highest BCUT2D eigenvalue weighted by molar-refractivity contribution is 7.89. The first kappa shape index (κ1) is 21.9. The van der Waals surface area contributed by atoms with Crippen LogP contribution in [0, 0.1) is 5.82 Å². The van der Waals surface area contributed by atoms with Crippen LogP contribution in [0.25, 0.3) is 0 Å². The van der Waals surface area contributed by atoms with Gasteiger partial charge in [0.25, 0.3) is 0 Å². The van der Waals surface area contributed by atoms with Crippen molar-refractivity contribution in [2.24, 2.45) is 0 Å². The van der Waals surface area contributed by atoms with Crippen molar-refractivity contribution in [3.63, 3.8) is 0 Å². The van der Waals surface area contributed by atoms with Crippen molar-refractivity contribution in [3.05, 3.63) is 59.9 Å². The van der Waals surface area contributed by atoms with Crippen LogP contribution in [0.5, 0.6) is 0 Å². The Morgan fingerprint density at radius 3 is 2.13 bits per heavy atom. The molecule has 0 atom stereocenters. The molecule has 1 heterocycles. The quantitative estimate of drug-likeness (QED) is 0.741. The lowest BCUT2D eigenvalue weighted by Crippen LogP contribution is -2.48. The number of likely N-dealkylation sites (N-methyl/N-ethyl adjacent to an activating group) is 1. The normalized spacial score (nSPS) is 19.5. The fourth-order valence-electron chi connectivity index (χ4n) is 4.34. The van der Waals surface area contributed by atoms with E-state index >= 15 is 0 Å². The summed E-state index contributed by atoms with van der Waals surface area (Å²) < 4.78 is 40.7. The summed E-state index contributed by atoms with van der Waals surface area (Å²) in [5.74, 6) is -0.469. The second-order valence-corrected chi connectivity index (χ2v) is 10.2. The molecule has 2 aromatic rings. The highest BCUT2D eigenvalue weighted by Crippen LogP contribution is 2.44. The third-order valence-corrected chi connectivity index (χ3v) is 8.48. The van der Waals surface area contributed by atoms with E-state index in [2.05, 4.69) is 17.1 Å². The molecular formula is C23H28FN3O3S. The molecule has 0 spiro atoms. The summed E-state index contributed by atoms with van der Waals surface area (Å²) in [4.78, 5) is 15.5. The number of carbonyl (C=O) groups is 1. The molecule has 8 heteroatoms. The van der Waals surface area contributed by atoms with Crippen LogP contribution >= 0.6 is 0 Å². The third kappa shape index (κ3) is 4.24. The van der Waals surface area contributed by atoms with Crippen molar-refractivity contribution in [1.82, 2.24) is 9.21 Å². The van der Waals surface area contributed by atoms with Gasteiger partial charge in [0, 0.05) is 31.9 Å². The van der Waals surface area contributed by atoms with Crippen LogP contribution in [0.15, 0.2) is 53.4 Å². The molecule has 1 amide bonds. The van der Waals surface area contributed by atoms with Gasteiger partial charge in [-0.3, -0.25) is 4.79 Å². The number of sulfonamides is 1. The van der Waals surface area contributed by atoms with Crippen molar-refractivity contribution in [3.8, 4) is 0 Å². The van der Waals surface area contributed by atoms with Crippen molar-refractivity contribution < 1.29 is 17.6 Å². The average molecular weight is 446 g/mol. The van der Waals surface area contributed by atoms with E-state index in [0.29, 0.717) is 31.6 Å². The van der Waals surface area contributed by atoms with E-state index in [-0.39, 0.29) is 16.6 Å². The van der Waals surface area contributed by atoms with Gasteiger partial charge >= 0.3 is 0 Å². The Morgan fingerprint density at radius 2 is 1.61 bits per heavy atom. The van der Waals surface area contributed by atoms with Crippen molar-refractivity contribution in [1.29, 1.82) is 0 Å². The topological polar surface area (TPSA) is 69.7 Å². The first-order valence-electron chi connectivity index (χ1n) is 10.8. The lowest BCUT2D eigenvalue weighted by molar-refractivity contribution is -0.124. The lowest BCUT2D eigenvalue weighted by Gasteiger charge is -2.40. The summed E-state index contributed by atoms with van der Waals surface area (Å²) in [6, 6.07) is 12.4. The van der Waals surface area contributed by atoms with E-state index in [1.54, 1.807) is 36.4 Å². The summed E-state index contributed by atoms with van der Waals surface area (Å²) in [7, 11) is -3.55. The molecule has 6 nitrogen and oxygen atoms in total. The number of nitrogens with one attached hydrogen (secondary N) is 1. The smallest absolute Gasteiger partial charge is 0.243 e. The van der Waals surface area contributed by atoms with Gasteiger partial charge in [-0.05, 0) is 61.3 Å². The predicted molar refractivity (Wildman–Crippen MR) is 118 cm³/mol. The number of halogens is 1. The minimum atomic E-state index is -3.55. The first-order chi connectivity index (χ1) is 14.8. The Hall–Kier alpha value is -2.29. The maximum Gasteiger partial charge on any atom is 0.243 e. The molecule has 2 fully saturated rings. The molecule has 166 valence electrons. The Balaban J connectivity index is 1.46. The lowest BCUT2D eigenvalue weighted by atomic mass is 9.64. The molecule has 31 heavy (non-hydrogen) atoms. The van der Waals surface area contributed by atoms with Crippen molar-refractivity contribution in [2.45, 2.75) is 36.5 Å². The summed E-state index contributed by atoms with van der Waals surface area (Å²) in [6.07, 6.45) is 2.36. The molecule has 1 saturated heterocycles. The molecule has 0 aromatic heterocycles. The molecule has 1 aliphatic carbocycles. The van der Waals surface area contributed by atoms with E-state index in [1.807, 2.05) is 0 Å². The SMILES string of the molecule is CCN1CCN(S(=O)(=O)c2ccc(NC(=O)C3(c4ccc(F)cc4)CCC3)cc2)CC1. The number of rotatable bonds is 6. The van der Waals surface area contributed by atoms with E-state index in [0.717, 1.165) is 31.6 Å². The Labute approximate surface area is 183 Å². The van der Waals surface area contributed by atoms with Crippen LogP contribution in [0.4, 0.5) is 10.1 Å². The van der Waals surface area contributed by atoms with Gasteiger partial charge in [-0.15, -0.1) is 0 Å². The maximum absolute atomic E-state index is 13.3. The van der Waals surface area contributed by atoms with Crippen LogP contribution in [-0.4, -0.2) is 56.3 Å². The van der Waals surface area contributed by atoms with E-state index in [4.69, 9.17) is 0 Å². The molecule has 0 unspecified atom stereocenters. The fourth-order valence-corrected chi connectivity index (χ4v) is 5.76. The molecule has 1 saturated carbocycles. The minimum Gasteiger partial charge on any atom is -0.325 e. The number of carbonyl (C=O) groups excluding carboxylic acids is 1. The van der Waals surface area contributed by atoms with Crippen molar-refractivity contribution >= 4 is 21.6 Å². The summed E-state index contributed by atoms with van der Waals surface area (Å²) in [5, 5.41) is 2.92. The van der Waals surface area contributed by atoms with Crippen LogP contribution in [-0.2, 0) is 20.2 Å². The Kier molecular flexibility index (Phi) is 6.14. The zero-order chi connectivity index (χ0) is 22.1. The van der Waals surface area contributed by atoms with E-state index in [1.165, 1.54) is 16.4 Å². The molecule has 0 bridgehead atoms. The van der Waals surface area contributed by atoms with Crippen LogP contribution in [0.3, 0.4) is 0 Å². The van der Waals surface area contributed by atoms with Gasteiger partial charge in [0.05, 0.1) is 10.3 Å². The van der Waals surface area contributed by atoms with Gasteiger partial charge in [-0.2, -0.15) is 4.31 Å². The molecule has 2 aliphatic rings. The zero-order valence-corrected chi connectivity index (χ0v) is 18.5. The number of hydrogen-bond donors (Lipinski definition) is 1. The zero-order valence-electron chi connectivity index (χ0n) is 17.7. The Bertz CT molecular complexity index is 1030. The van der Waals surface area contributed by atoms with Gasteiger partial charge in [0.1, 0.15) is 5.82 Å². The highest BCUT2D eigenvalue weighted by atomic mass is 32.2. The van der Waals surface area contributed by atoms with Crippen LogP contribution < -0.4 is 5.32 Å². The first-order valence-corrected chi connectivity index (χ1v) is 12.2. The van der Waals surface area contributed by atoms with Crippen LogP contribution in [0.1, 0.15) is 31.7 Å². The average Bonchev–Trinajstić information content (AvgIpc) is 2.75.